The molecule has 1 amide bonds. The van der Waals surface area contributed by atoms with E-state index in [1.807, 2.05) is 35.3 Å². The van der Waals surface area contributed by atoms with E-state index in [9.17, 15) is 9.18 Å². The Balaban J connectivity index is 1.42. The summed E-state index contributed by atoms with van der Waals surface area (Å²) in [4.78, 5) is 23.3. The Hall–Kier alpha value is -3.02. The quantitative estimate of drug-likeness (QED) is 0.889. The highest BCUT2D eigenvalue weighted by atomic mass is 19.1. The van der Waals surface area contributed by atoms with Crippen molar-refractivity contribution in [2.24, 2.45) is 5.92 Å². The van der Waals surface area contributed by atoms with Crippen molar-refractivity contribution in [1.29, 1.82) is 0 Å². The number of dihydropyridines is 1. The molecule has 5 nitrogen and oxygen atoms in total. The zero-order valence-corrected chi connectivity index (χ0v) is 15.6. The highest BCUT2D eigenvalue weighted by Gasteiger charge is 2.27. The van der Waals surface area contributed by atoms with Gasteiger partial charge in [-0.15, -0.1) is 0 Å². The number of carbonyl (C=O) groups is 1. The van der Waals surface area contributed by atoms with Crippen LogP contribution in [0.15, 0.2) is 60.6 Å². The molecule has 1 aromatic heterocycles. The van der Waals surface area contributed by atoms with E-state index >= 15 is 0 Å². The van der Waals surface area contributed by atoms with Gasteiger partial charge in [0.05, 0.1) is 17.0 Å². The molecule has 3 heterocycles. The van der Waals surface area contributed by atoms with Gasteiger partial charge in [-0.05, 0) is 55.0 Å². The van der Waals surface area contributed by atoms with Crippen LogP contribution < -0.4 is 5.32 Å². The van der Waals surface area contributed by atoms with Gasteiger partial charge in [-0.1, -0.05) is 18.2 Å². The summed E-state index contributed by atoms with van der Waals surface area (Å²) in [6.45, 7) is 2.15. The number of amides is 1. The van der Waals surface area contributed by atoms with Gasteiger partial charge in [-0.25, -0.2) is 14.4 Å². The summed E-state index contributed by atoms with van der Waals surface area (Å²) in [6.07, 6.45) is 9.86. The molecule has 4 rings (SSSR count). The smallest absolute Gasteiger partial charge is 0.256 e. The molecular weight excluding hydrogens is 355 g/mol. The second-order valence-corrected chi connectivity index (χ2v) is 7.23. The minimum Gasteiger partial charge on any atom is -0.379 e. The molecule has 1 fully saturated rings. The zero-order chi connectivity index (χ0) is 19.3. The molecule has 1 saturated heterocycles. The number of halogens is 1. The van der Waals surface area contributed by atoms with E-state index in [0.717, 1.165) is 49.3 Å². The fourth-order valence-corrected chi connectivity index (χ4v) is 3.83. The number of likely N-dealkylation sites (tertiary alicyclic amines) is 1. The molecule has 1 N–H and O–H groups in total. The van der Waals surface area contributed by atoms with Crippen molar-refractivity contribution in [2.45, 2.75) is 19.3 Å². The molecular formula is C22H23FN4O. The van der Waals surface area contributed by atoms with Gasteiger partial charge >= 0.3 is 0 Å². The lowest BCUT2D eigenvalue weighted by Gasteiger charge is -2.33. The molecule has 0 radical (unpaired) electrons. The van der Waals surface area contributed by atoms with Gasteiger partial charge in [0.25, 0.3) is 5.91 Å². The minimum absolute atomic E-state index is 0.0392. The third-order valence-corrected chi connectivity index (χ3v) is 5.36. The largest absolute Gasteiger partial charge is 0.379 e. The second kappa shape index (κ2) is 8.33. The first-order chi connectivity index (χ1) is 13.7. The van der Waals surface area contributed by atoms with E-state index in [4.69, 9.17) is 0 Å². The van der Waals surface area contributed by atoms with E-state index in [-0.39, 0.29) is 11.7 Å². The molecule has 2 aliphatic rings. The topological polar surface area (TPSA) is 58.1 Å². The van der Waals surface area contributed by atoms with Crippen LogP contribution in [0.1, 0.15) is 24.1 Å². The molecule has 6 heteroatoms. The van der Waals surface area contributed by atoms with Crippen molar-refractivity contribution < 1.29 is 9.18 Å². The van der Waals surface area contributed by atoms with Crippen LogP contribution in [0.2, 0.25) is 0 Å². The Bertz CT molecular complexity index is 885. The number of nitrogens with zero attached hydrogens (tertiary/aromatic N) is 3. The van der Waals surface area contributed by atoms with Gasteiger partial charge in [-0.2, -0.15) is 0 Å². The summed E-state index contributed by atoms with van der Waals surface area (Å²) >= 11 is 0. The predicted octanol–water partition coefficient (Wildman–Crippen LogP) is 2.97. The molecule has 144 valence electrons. The van der Waals surface area contributed by atoms with Crippen molar-refractivity contribution in [1.82, 2.24) is 20.2 Å². The van der Waals surface area contributed by atoms with Crippen LogP contribution in [-0.2, 0) is 11.2 Å². The number of carbonyl (C=O) groups excluding carboxylic acids is 1. The van der Waals surface area contributed by atoms with Crippen LogP contribution in [0.5, 0.6) is 0 Å². The Morgan fingerprint density at radius 1 is 1.18 bits per heavy atom. The van der Waals surface area contributed by atoms with Crippen LogP contribution in [0.3, 0.4) is 0 Å². The summed E-state index contributed by atoms with van der Waals surface area (Å²) in [5.41, 5.74) is 3.30. The molecule has 0 atom stereocenters. The van der Waals surface area contributed by atoms with Crippen molar-refractivity contribution in [3.8, 4) is 0 Å². The highest BCUT2D eigenvalue weighted by Crippen LogP contribution is 2.25. The van der Waals surface area contributed by atoms with Gasteiger partial charge < -0.3 is 10.2 Å². The molecule has 2 aromatic rings. The Morgan fingerprint density at radius 3 is 2.68 bits per heavy atom. The van der Waals surface area contributed by atoms with Gasteiger partial charge in [0.15, 0.2) is 0 Å². The lowest BCUT2D eigenvalue weighted by molar-refractivity contribution is -0.128. The average molecular weight is 378 g/mol. The van der Waals surface area contributed by atoms with Crippen molar-refractivity contribution in [3.05, 3.63) is 77.7 Å². The number of piperidine rings is 1. The lowest BCUT2D eigenvalue weighted by Crippen LogP contribution is -2.40. The first-order valence-corrected chi connectivity index (χ1v) is 9.65. The fraction of sp³-hybridized carbons (Fsp3) is 0.318. The Labute approximate surface area is 164 Å². The van der Waals surface area contributed by atoms with E-state index in [0.29, 0.717) is 18.0 Å². The lowest BCUT2D eigenvalue weighted by atomic mass is 9.89. The molecule has 0 bridgehead atoms. The molecule has 1 aromatic carbocycles. The van der Waals surface area contributed by atoms with Crippen LogP contribution in [0.25, 0.3) is 5.70 Å². The second-order valence-electron chi connectivity index (χ2n) is 7.23. The zero-order valence-electron chi connectivity index (χ0n) is 15.6. The molecule has 0 spiro atoms. The Morgan fingerprint density at radius 2 is 1.96 bits per heavy atom. The minimum atomic E-state index is -0.203. The maximum atomic E-state index is 13.1. The molecule has 0 aliphatic carbocycles. The van der Waals surface area contributed by atoms with Crippen molar-refractivity contribution in [2.75, 3.05) is 19.6 Å². The van der Waals surface area contributed by atoms with Crippen LogP contribution in [0.4, 0.5) is 4.39 Å². The summed E-state index contributed by atoms with van der Waals surface area (Å²) < 4.78 is 13.1. The third-order valence-electron chi connectivity index (χ3n) is 5.36. The predicted molar refractivity (Wildman–Crippen MR) is 106 cm³/mol. The summed E-state index contributed by atoms with van der Waals surface area (Å²) in [6, 6.07) is 8.53. The number of aromatic nitrogens is 2. The first kappa shape index (κ1) is 18.3. The van der Waals surface area contributed by atoms with Crippen molar-refractivity contribution in [3.63, 3.8) is 0 Å². The van der Waals surface area contributed by atoms with Crippen LogP contribution in [-0.4, -0.2) is 40.4 Å². The summed E-state index contributed by atoms with van der Waals surface area (Å²) in [5, 5.41) is 3.28. The molecule has 0 saturated carbocycles. The van der Waals surface area contributed by atoms with Crippen LogP contribution in [0, 0.1) is 11.7 Å². The van der Waals surface area contributed by atoms with Gasteiger partial charge in [-0.3, -0.25) is 4.79 Å². The number of nitrogens with one attached hydrogen (secondary N) is 1. The number of hydrogen-bond donors (Lipinski definition) is 1. The van der Waals surface area contributed by atoms with E-state index in [1.165, 1.54) is 18.5 Å². The average Bonchev–Trinajstić information content (AvgIpc) is 2.76. The monoisotopic (exact) mass is 378 g/mol. The van der Waals surface area contributed by atoms with Gasteiger partial charge in [0.1, 0.15) is 12.1 Å². The van der Waals surface area contributed by atoms with Crippen molar-refractivity contribution >= 4 is 11.6 Å². The van der Waals surface area contributed by atoms with Crippen LogP contribution >= 0.6 is 0 Å². The summed E-state index contributed by atoms with van der Waals surface area (Å²) in [5.74, 6) is 0.355. The van der Waals surface area contributed by atoms with E-state index < -0.39 is 0 Å². The summed E-state index contributed by atoms with van der Waals surface area (Å²) in [7, 11) is 0. The number of hydrogen-bond acceptors (Lipinski definition) is 4. The number of rotatable bonds is 4. The molecule has 2 aliphatic heterocycles. The number of benzene rings is 1. The SMILES string of the molecule is O=C(C1=C(c2ccncn2)NCC=C1)N1CCC(Cc2ccc(F)cc2)CC1. The molecule has 28 heavy (non-hydrogen) atoms. The third kappa shape index (κ3) is 4.11. The fourth-order valence-electron chi connectivity index (χ4n) is 3.83. The molecule has 0 unspecified atom stereocenters. The normalized spacial score (nSPS) is 17.5. The Kier molecular flexibility index (Phi) is 5.46. The van der Waals surface area contributed by atoms with E-state index in [1.54, 1.807) is 6.20 Å². The van der Waals surface area contributed by atoms with E-state index in [2.05, 4.69) is 15.3 Å². The van der Waals surface area contributed by atoms with Gasteiger partial charge in [0, 0.05) is 25.8 Å². The maximum Gasteiger partial charge on any atom is 0.256 e. The maximum absolute atomic E-state index is 13.1. The highest BCUT2D eigenvalue weighted by molar-refractivity contribution is 6.03. The van der Waals surface area contributed by atoms with Gasteiger partial charge in [0.2, 0.25) is 0 Å². The first-order valence-electron chi connectivity index (χ1n) is 9.65. The standard InChI is InChI=1S/C22H23FN4O/c23-18-5-3-16(4-6-18)14-17-8-12-27(13-9-17)22(28)19-2-1-10-25-21(19)20-7-11-24-15-26-20/h1-7,11,15,17,25H,8-10,12-14H2.